The maximum atomic E-state index is 12.4. The fraction of sp³-hybridized carbons (Fsp3) is 0.500. The van der Waals surface area contributed by atoms with Crippen LogP contribution in [0.3, 0.4) is 0 Å². The van der Waals surface area contributed by atoms with Gasteiger partial charge in [0.05, 0.1) is 5.60 Å². The zero-order chi connectivity index (χ0) is 16.3. The van der Waals surface area contributed by atoms with Crippen molar-refractivity contribution in [3.05, 3.63) is 29.8 Å². The van der Waals surface area contributed by atoms with Gasteiger partial charge in [-0.1, -0.05) is 18.2 Å². The van der Waals surface area contributed by atoms with Gasteiger partial charge in [0, 0.05) is 24.6 Å². The molecule has 1 aromatic carbocycles. The molecule has 0 bridgehead atoms. The average Bonchev–Trinajstić information content (AvgIpc) is 3.06. The van der Waals surface area contributed by atoms with Gasteiger partial charge in [-0.25, -0.2) is 0 Å². The van der Waals surface area contributed by atoms with E-state index in [4.69, 9.17) is 4.74 Å². The molecule has 1 aromatic heterocycles. The Morgan fingerprint density at radius 2 is 2.35 bits per heavy atom. The van der Waals surface area contributed by atoms with E-state index in [9.17, 15) is 4.79 Å². The predicted octanol–water partition coefficient (Wildman–Crippen LogP) is 1.69. The topological polar surface area (TPSA) is 92.8 Å². The van der Waals surface area contributed by atoms with E-state index in [-0.39, 0.29) is 17.4 Å². The number of amides is 1. The summed E-state index contributed by atoms with van der Waals surface area (Å²) in [4.78, 5) is 12.4. The first-order valence-electron chi connectivity index (χ1n) is 7.78. The van der Waals surface area contributed by atoms with Gasteiger partial charge in [-0.15, -0.1) is 10.2 Å². The highest BCUT2D eigenvalue weighted by Crippen LogP contribution is 2.28. The summed E-state index contributed by atoms with van der Waals surface area (Å²) in [5.41, 5.74) is 1.66. The Balaban J connectivity index is 1.60. The summed E-state index contributed by atoms with van der Waals surface area (Å²) >= 11 is 0. The van der Waals surface area contributed by atoms with Gasteiger partial charge in [-0.2, -0.15) is 5.21 Å². The number of aromatic nitrogens is 4. The van der Waals surface area contributed by atoms with Crippen LogP contribution in [0.2, 0.25) is 0 Å². The van der Waals surface area contributed by atoms with Gasteiger partial charge in [0.2, 0.25) is 11.7 Å². The van der Waals surface area contributed by atoms with Crippen LogP contribution in [-0.2, 0) is 16.1 Å². The minimum absolute atomic E-state index is 0.0131. The standard InChI is InChI=1S/C16H21N5O2/c1-16(2)9-13(6-7-23-16)15(22)17-10-11-4-3-5-12(8-11)14-18-20-21-19-14/h3-5,8,13H,6-7,9-10H2,1-2H3,(H,17,22)(H,18,19,20,21)/t13-/m1/s1. The second-order valence-electron chi connectivity index (χ2n) is 6.45. The van der Waals surface area contributed by atoms with Crippen LogP contribution < -0.4 is 5.32 Å². The lowest BCUT2D eigenvalue weighted by molar-refractivity contribution is -0.135. The van der Waals surface area contributed by atoms with E-state index < -0.39 is 0 Å². The van der Waals surface area contributed by atoms with E-state index >= 15 is 0 Å². The SMILES string of the molecule is CC1(C)C[C@H](C(=O)NCc2cccc(-c3nn[nH]n3)c2)CCO1. The highest BCUT2D eigenvalue weighted by Gasteiger charge is 2.32. The van der Waals surface area contributed by atoms with Crippen molar-refractivity contribution in [3.63, 3.8) is 0 Å². The summed E-state index contributed by atoms with van der Waals surface area (Å²) in [6.45, 7) is 5.18. The van der Waals surface area contributed by atoms with E-state index in [1.807, 2.05) is 38.1 Å². The van der Waals surface area contributed by atoms with Crippen molar-refractivity contribution in [2.75, 3.05) is 6.61 Å². The summed E-state index contributed by atoms with van der Waals surface area (Å²) in [5.74, 6) is 0.648. The van der Waals surface area contributed by atoms with E-state index in [1.54, 1.807) is 0 Å². The molecule has 3 rings (SSSR count). The third kappa shape index (κ3) is 3.92. The van der Waals surface area contributed by atoms with Gasteiger partial charge in [0.15, 0.2) is 0 Å². The first-order valence-corrected chi connectivity index (χ1v) is 7.78. The Kier molecular flexibility index (Phi) is 4.38. The highest BCUT2D eigenvalue weighted by molar-refractivity contribution is 5.78. The quantitative estimate of drug-likeness (QED) is 0.895. The lowest BCUT2D eigenvalue weighted by Crippen LogP contribution is -2.41. The number of benzene rings is 1. The number of hydrogen-bond donors (Lipinski definition) is 2. The van der Waals surface area contributed by atoms with Gasteiger partial charge in [0.1, 0.15) is 0 Å². The second kappa shape index (κ2) is 6.45. The van der Waals surface area contributed by atoms with Crippen molar-refractivity contribution >= 4 is 5.91 Å². The number of tetrazole rings is 1. The number of nitrogens with zero attached hydrogens (tertiary/aromatic N) is 3. The van der Waals surface area contributed by atoms with Crippen molar-refractivity contribution < 1.29 is 9.53 Å². The molecule has 1 aliphatic rings. The van der Waals surface area contributed by atoms with Gasteiger partial charge in [0.25, 0.3) is 0 Å². The highest BCUT2D eigenvalue weighted by atomic mass is 16.5. The number of carbonyl (C=O) groups excluding carboxylic acids is 1. The molecule has 0 unspecified atom stereocenters. The van der Waals surface area contributed by atoms with Crippen LogP contribution in [0.1, 0.15) is 32.3 Å². The van der Waals surface area contributed by atoms with E-state index in [2.05, 4.69) is 25.9 Å². The molecule has 0 saturated carbocycles. The van der Waals surface area contributed by atoms with E-state index in [1.165, 1.54) is 0 Å². The number of ether oxygens (including phenoxy) is 1. The third-order valence-electron chi connectivity index (χ3n) is 4.07. The Hall–Kier alpha value is -2.28. The summed E-state index contributed by atoms with van der Waals surface area (Å²) in [6, 6.07) is 7.76. The summed E-state index contributed by atoms with van der Waals surface area (Å²) in [7, 11) is 0. The zero-order valence-electron chi connectivity index (χ0n) is 13.4. The van der Waals surface area contributed by atoms with Crippen molar-refractivity contribution in [2.45, 2.75) is 38.8 Å². The Morgan fingerprint density at radius 1 is 1.48 bits per heavy atom. The summed E-state index contributed by atoms with van der Waals surface area (Å²) in [6.07, 6.45) is 1.53. The van der Waals surface area contributed by atoms with Gasteiger partial charge in [-0.3, -0.25) is 4.79 Å². The Morgan fingerprint density at radius 3 is 3.09 bits per heavy atom. The van der Waals surface area contributed by atoms with Crippen molar-refractivity contribution in [1.82, 2.24) is 25.9 Å². The molecular weight excluding hydrogens is 294 g/mol. The molecule has 2 aromatic rings. The molecule has 7 nitrogen and oxygen atoms in total. The molecule has 2 N–H and O–H groups in total. The Bertz CT molecular complexity index is 669. The Labute approximate surface area is 134 Å². The smallest absolute Gasteiger partial charge is 0.223 e. The summed E-state index contributed by atoms with van der Waals surface area (Å²) < 4.78 is 5.66. The third-order valence-corrected chi connectivity index (χ3v) is 4.07. The minimum atomic E-state index is -0.223. The molecule has 122 valence electrons. The maximum Gasteiger partial charge on any atom is 0.223 e. The molecule has 1 aliphatic heterocycles. The van der Waals surface area contributed by atoms with Crippen molar-refractivity contribution in [3.8, 4) is 11.4 Å². The van der Waals surface area contributed by atoms with Crippen LogP contribution in [0.5, 0.6) is 0 Å². The second-order valence-corrected chi connectivity index (χ2v) is 6.45. The maximum absolute atomic E-state index is 12.4. The minimum Gasteiger partial charge on any atom is -0.376 e. The molecule has 1 saturated heterocycles. The fourth-order valence-corrected chi connectivity index (χ4v) is 2.89. The van der Waals surface area contributed by atoms with Crippen molar-refractivity contribution in [2.24, 2.45) is 5.92 Å². The molecule has 0 aliphatic carbocycles. The normalized spacial score (nSPS) is 20.2. The average molecular weight is 315 g/mol. The van der Waals surface area contributed by atoms with Gasteiger partial charge >= 0.3 is 0 Å². The molecule has 0 radical (unpaired) electrons. The monoisotopic (exact) mass is 315 g/mol. The summed E-state index contributed by atoms with van der Waals surface area (Å²) in [5, 5.41) is 16.9. The van der Waals surface area contributed by atoms with E-state index in [0.29, 0.717) is 19.0 Å². The predicted molar refractivity (Wildman–Crippen MR) is 84.2 cm³/mol. The van der Waals surface area contributed by atoms with Gasteiger partial charge < -0.3 is 10.1 Å². The van der Waals surface area contributed by atoms with E-state index in [0.717, 1.165) is 24.0 Å². The largest absolute Gasteiger partial charge is 0.376 e. The number of carbonyl (C=O) groups is 1. The molecule has 2 heterocycles. The molecule has 1 fully saturated rings. The lowest BCUT2D eigenvalue weighted by Gasteiger charge is -2.34. The van der Waals surface area contributed by atoms with Crippen LogP contribution in [0, 0.1) is 5.92 Å². The lowest BCUT2D eigenvalue weighted by atomic mass is 9.88. The van der Waals surface area contributed by atoms with Crippen LogP contribution in [-0.4, -0.2) is 38.7 Å². The van der Waals surface area contributed by atoms with Crippen molar-refractivity contribution in [1.29, 1.82) is 0 Å². The van der Waals surface area contributed by atoms with Crippen LogP contribution in [0.4, 0.5) is 0 Å². The molecule has 1 atom stereocenters. The number of rotatable bonds is 4. The zero-order valence-corrected chi connectivity index (χ0v) is 13.4. The number of aromatic amines is 1. The number of hydrogen-bond acceptors (Lipinski definition) is 5. The fourth-order valence-electron chi connectivity index (χ4n) is 2.89. The van der Waals surface area contributed by atoms with Gasteiger partial charge in [-0.05, 0) is 43.5 Å². The molecule has 0 spiro atoms. The number of nitrogens with one attached hydrogen (secondary N) is 2. The van der Waals surface area contributed by atoms with Crippen LogP contribution in [0.25, 0.3) is 11.4 Å². The first-order chi connectivity index (χ1) is 11.0. The van der Waals surface area contributed by atoms with Crippen LogP contribution in [0.15, 0.2) is 24.3 Å². The molecule has 7 heteroatoms. The molecular formula is C16H21N5O2. The number of H-pyrrole nitrogens is 1. The van der Waals surface area contributed by atoms with Crippen LogP contribution >= 0.6 is 0 Å². The molecule has 1 amide bonds. The first kappa shape index (κ1) is 15.6. The molecule has 23 heavy (non-hydrogen) atoms.